The Balaban J connectivity index is 1.84. The molecular weight excluding hydrogens is 679 g/mol. The number of pyridine rings is 2. The van der Waals surface area contributed by atoms with Gasteiger partial charge in [0.15, 0.2) is 5.82 Å². The van der Waals surface area contributed by atoms with Gasteiger partial charge >= 0.3 is 5.97 Å². The van der Waals surface area contributed by atoms with Crippen molar-refractivity contribution in [2.45, 2.75) is 58.2 Å². The van der Waals surface area contributed by atoms with Gasteiger partial charge in [-0.1, -0.05) is 26.5 Å². The summed E-state index contributed by atoms with van der Waals surface area (Å²) >= 11 is 0. The van der Waals surface area contributed by atoms with Crippen LogP contribution in [0.15, 0.2) is 54.0 Å². The highest BCUT2D eigenvalue weighted by molar-refractivity contribution is 6.05. The number of piperazine rings is 1. The van der Waals surface area contributed by atoms with Gasteiger partial charge in [-0.05, 0) is 62.1 Å². The summed E-state index contributed by atoms with van der Waals surface area (Å²) in [6.07, 6.45) is 2.80. The van der Waals surface area contributed by atoms with Crippen molar-refractivity contribution < 1.29 is 37.7 Å². The van der Waals surface area contributed by atoms with E-state index in [1.807, 2.05) is 13.8 Å². The number of aryl methyl sites for hydroxylation is 1. The highest BCUT2D eigenvalue weighted by atomic mass is 19.1. The molecule has 0 saturated carbocycles. The molecule has 14 heteroatoms. The molecule has 4 aromatic rings. The number of amides is 1. The minimum absolute atomic E-state index is 0.0411. The second kappa shape index (κ2) is 14.0. The molecule has 3 unspecified atom stereocenters. The number of hydrogen-bond donors (Lipinski definition) is 2. The quantitative estimate of drug-likeness (QED) is 0.192. The van der Waals surface area contributed by atoms with Crippen molar-refractivity contribution in [3.8, 4) is 22.6 Å². The lowest BCUT2D eigenvalue weighted by Gasteiger charge is -2.54. The zero-order chi connectivity index (χ0) is 37.8. The van der Waals surface area contributed by atoms with E-state index in [2.05, 4.69) is 11.6 Å². The summed E-state index contributed by atoms with van der Waals surface area (Å²) in [6, 6.07) is 3.31. The first-order valence-corrected chi connectivity index (χ1v) is 17.0. The Morgan fingerprint density at radius 1 is 1.10 bits per heavy atom. The van der Waals surface area contributed by atoms with Crippen molar-refractivity contribution in [2.24, 2.45) is 0 Å². The Hall–Kier alpha value is -5.37. The summed E-state index contributed by atoms with van der Waals surface area (Å²) in [5.74, 6) is -5.74. The predicted molar refractivity (Wildman–Crippen MR) is 190 cm³/mol. The number of benzene rings is 2. The van der Waals surface area contributed by atoms with E-state index in [0.29, 0.717) is 11.3 Å². The number of rotatable bonds is 8. The molecule has 2 N–H and O–H groups in total. The van der Waals surface area contributed by atoms with E-state index in [1.165, 1.54) is 23.0 Å². The monoisotopic (exact) mass is 719 g/mol. The molecule has 2 aliphatic heterocycles. The predicted octanol–water partition coefficient (Wildman–Crippen LogP) is 4.94. The molecule has 0 spiro atoms. The number of ether oxygens (including phenoxy) is 1. The van der Waals surface area contributed by atoms with Crippen LogP contribution in [-0.2, 0) is 14.3 Å². The number of phenols is 1. The standard InChI is InChI=1S/C38H40F3N5O6/c1-7-27(49)44-18-25-35(38(51)52-6)43(14-9-15-47)36-34(45(25)17-21(44)5)22-16-24(40)29(28-23(39)10-8-11-26(28)48)30(41)33(22)46(37(36)50)32-20(4)12-13-42-31(32)19(2)3/h7-8,10-13,16,19,21,25,35,47-48H,1,9,14-15,17-18H2,2-6H3. The number of aromatic hydroxyl groups is 1. The topological polar surface area (TPSA) is 128 Å². The van der Waals surface area contributed by atoms with Crippen LogP contribution < -0.4 is 15.4 Å². The molecule has 1 fully saturated rings. The number of esters is 1. The number of aliphatic hydroxyl groups is 1. The number of carbonyl (C=O) groups excluding carboxylic acids is 2. The Morgan fingerprint density at radius 2 is 1.83 bits per heavy atom. The maximum atomic E-state index is 17.5. The third kappa shape index (κ3) is 5.65. The van der Waals surface area contributed by atoms with Gasteiger partial charge < -0.3 is 29.6 Å². The summed E-state index contributed by atoms with van der Waals surface area (Å²) < 4.78 is 55.8. The van der Waals surface area contributed by atoms with Crippen molar-refractivity contribution in [3.05, 3.63) is 88.2 Å². The fraction of sp³-hybridized carbons (Fsp3) is 0.368. The van der Waals surface area contributed by atoms with Crippen LogP contribution in [0.3, 0.4) is 0 Å². The van der Waals surface area contributed by atoms with Gasteiger partial charge in [-0.2, -0.15) is 0 Å². The molecule has 4 heterocycles. The molecule has 2 aliphatic rings. The summed E-state index contributed by atoms with van der Waals surface area (Å²) in [5, 5.41) is 20.5. The zero-order valence-corrected chi connectivity index (χ0v) is 29.5. The molecule has 1 saturated heterocycles. The van der Waals surface area contributed by atoms with Crippen molar-refractivity contribution in [2.75, 3.05) is 43.2 Å². The number of anilines is 2. The van der Waals surface area contributed by atoms with Crippen LogP contribution in [0.5, 0.6) is 5.75 Å². The average Bonchev–Trinajstić information content (AvgIpc) is 3.11. The van der Waals surface area contributed by atoms with Crippen LogP contribution >= 0.6 is 0 Å². The molecule has 1 amide bonds. The lowest BCUT2D eigenvalue weighted by atomic mass is 9.90. The lowest BCUT2D eigenvalue weighted by molar-refractivity contribution is -0.144. The molecule has 6 rings (SSSR count). The van der Waals surface area contributed by atoms with Crippen LogP contribution in [0.2, 0.25) is 0 Å². The summed E-state index contributed by atoms with van der Waals surface area (Å²) in [5.41, 5.74) is -1.66. The minimum Gasteiger partial charge on any atom is -0.507 e. The van der Waals surface area contributed by atoms with E-state index in [-0.39, 0.29) is 61.0 Å². The first kappa shape index (κ1) is 36.4. The number of fused-ring (bicyclic) bond motifs is 5. The van der Waals surface area contributed by atoms with E-state index in [0.717, 1.165) is 28.8 Å². The van der Waals surface area contributed by atoms with Gasteiger partial charge in [0, 0.05) is 43.9 Å². The number of carbonyl (C=O) groups is 2. The average molecular weight is 720 g/mol. The second-order valence-electron chi connectivity index (χ2n) is 13.4. The second-order valence-corrected chi connectivity index (χ2v) is 13.4. The normalized spacial score (nSPS) is 18.4. The zero-order valence-electron chi connectivity index (χ0n) is 29.5. The third-order valence-electron chi connectivity index (χ3n) is 9.98. The van der Waals surface area contributed by atoms with Gasteiger partial charge in [-0.25, -0.2) is 18.0 Å². The van der Waals surface area contributed by atoms with E-state index >= 15 is 18.0 Å². The molecular formula is C38H40F3N5O6. The first-order chi connectivity index (χ1) is 24.8. The Morgan fingerprint density at radius 3 is 2.46 bits per heavy atom. The first-order valence-electron chi connectivity index (χ1n) is 17.0. The molecule has 0 bridgehead atoms. The van der Waals surface area contributed by atoms with Gasteiger partial charge in [0.05, 0.1) is 46.9 Å². The Labute approximate surface area is 298 Å². The summed E-state index contributed by atoms with van der Waals surface area (Å²) in [4.78, 5) is 51.4. The van der Waals surface area contributed by atoms with Gasteiger partial charge in [-0.3, -0.25) is 19.1 Å². The number of methoxy groups -OCH3 is 1. The number of halogens is 3. The molecule has 2 aromatic heterocycles. The van der Waals surface area contributed by atoms with Crippen LogP contribution in [0.4, 0.5) is 24.5 Å². The van der Waals surface area contributed by atoms with Crippen LogP contribution in [0.1, 0.15) is 44.4 Å². The number of hydrogen-bond acceptors (Lipinski definition) is 9. The number of phenolic OH excluding ortho intramolecular Hbond substituents is 1. The van der Waals surface area contributed by atoms with Gasteiger partial charge in [0.25, 0.3) is 5.56 Å². The van der Waals surface area contributed by atoms with Gasteiger partial charge in [0.2, 0.25) is 5.91 Å². The van der Waals surface area contributed by atoms with Crippen LogP contribution in [-0.4, -0.2) is 88.0 Å². The van der Waals surface area contributed by atoms with E-state index < -0.39 is 75.4 Å². The molecule has 11 nitrogen and oxygen atoms in total. The molecule has 52 heavy (non-hydrogen) atoms. The van der Waals surface area contributed by atoms with E-state index in [9.17, 15) is 19.8 Å². The third-order valence-corrected chi connectivity index (χ3v) is 9.98. The number of nitrogens with zero attached hydrogens (tertiary/aromatic N) is 5. The van der Waals surface area contributed by atoms with Crippen molar-refractivity contribution in [1.82, 2.24) is 14.5 Å². The highest BCUT2D eigenvalue weighted by Crippen LogP contribution is 2.47. The summed E-state index contributed by atoms with van der Waals surface area (Å²) in [7, 11) is 1.20. The smallest absolute Gasteiger partial charge is 0.330 e. The maximum absolute atomic E-state index is 17.5. The van der Waals surface area contributed by atoms with Gasteiger partial charge in [-0.15, -0.1) is 0 Å². The molecule has 0 aliphatic carbocycles. The SMILES string of the molecule is C=CC(=O)N1CC2C(C(=O)OC)N(CCCO)c3c(c4cc(F)c(-c5c(O)cccc5F)c(F)c4n(-c4c(C)ccnc4C(C)C)c3=O)N2CC1C. The maximum Gasteiger partial charge on any atom is 0.330 e. The molecule has 2 aromatic carbocycles. The Bertz CT molecular complexity index is 2150. The highest BCUT2D eigenvalue weighted by Gasteiger charge is 2.50. The van der Waals surface area contributed by atoms with Crippen molar-refractivity contribution in [1.29, 1.82) is 0 Å². The van der Waals surface area contributed by atoms with Crippen LogP contribution in [0, 0.1) is 24.4 Å². The molecule has 3 atom stereocenters. The van der Waals surface area contributed by atoms with E-state index in [4.69, 9.17) is 4.74 Å². The largest absolute Gasteiger partial charge is 0.507 e. The Kier molecular flexibility index (Phi) is 9.79. The van der Waals surface area contributed by atoms with Crippen molar-refractivity contribution >= 4 is 34.2 Å². The summed E-state index contributed by atoms with van der Waals surface area (Å²) in [6.45, 7) is 10.4. The fourth-order valence-corrected chi connectivity index (χ4v) is 7.68. The number of aliphatic hydroxyl groups excluding tert-OH is 1. The van der Waals surface area contributed by atoms with Crippen molar-refractivity contribution in [3.63, 3.8) is 0 Å². The molecule has 0 radical (unpaired) electrons. The van der Waals surface area contributed by atoms with E-state index in [1.54, 1.807) is 31.0 Å². The number of aromatic nitrogens is 2. The van der Waals surface area contributed by atoms with Gasteiger partial charge in [0.1, 0.15) is 29.1 Å². The fourth-order valence-electron chi connectivity index (χ4n) is 7.68. The van der Waals surface area contributed by atoms with Crippen LogP contribution in [0.25, 0.3) is 27.7 Å². The lowest BCUT2D eigenvalue weighted by Crippen LogP contribution is -2.70. The molecule has 274 valence electrons. The minimum atomic E-state index is -1.31.